The van der Waals surface area contributed by atoms with Crippen molar-refractivity contribution in [2.45, 2.75) is 44.4 Å². The number of unbranched alkanes of at least 4 members (excludes halogenated alkanes) is 1. The molecule has 0 aliphatic carbocycles. The van der Waals surface area contributed by atoms with Crippen molar-refractivity contribution in [1.82, 2.24) is 5.32 Å². The number of rotatable bonds is 10. The smallest absolute Gasteiger partial charge is 0.264 e. The zero-order valence-electron chi connectivity index (χ0n) is 16.9. The summed E-state index contributed by atoms with van der Waals surface area (Å²) in [5, 5.41) is 2.99. The van der Waals surface area contributed by atoms with Crippen molar-refractivity contribution in [1.29, 1.82) is 0 Å². The van der Waals surface area contributed by atoms with Crippen LogP contribution in [-0.4, -0.2) is 27.9 Å². The molecule has 0 heterocycles. The lowest BCUT2D eigenvalue weighted by Crippen LogP contribution is -2.29. The Balaban J connectivity index is 2.03. The molecule has 0 saturated heterocycles. The van der Waals surface area contributed by atoms with Crippen LogP contribution in [0.3, 0.4) is 0 Å². The van der Waals surface area contributed by atoms with Crippen LogP contribution in [0.25, 0.3) is 0 Å². The van der Waals surface area contributed by atoms with Crippen LogP contribution in [0.15, 0.2) is 59.5 Å². The summed E-state index contributed by atoms with van der Waals surface area (Å²) < 4.78 is 26.6. The normalized spacial score (nSPS) is 12.4. The summed E-state index contributed by atoms with van der Waals surface area (Å²) in [6.45, 7) is 4.98. The van der Waals surface area contributed by atoms with Gasteiger partial charge in [-0.15, -0.1) is 0 Å². The molecule has 0 radical (unpaired) electrons. The van der Waals surface area contributed by atoms with E-state index in [1.165, 1.54) is 17.8 Å². The molecular formula is C22H30N2O3S. The van der Waals surface area contributed by atoms with E-state index < -0.39 is 10.0 Å². The van der Waals surface area contributed by atoms with E-state index in [-0.39, 0.29) is 10.8 Å². The van der Waals surface area contributed by atoms with Gasteiger partial charge in [0.1, 0.15) is 0 Å². The fourth-order valence-corrected chi connectivity index (χ4v) is 4.21. The average Bonchev–Trinajstić information content (AvgIpc) is 2.74. The Morgan fingerprint density at radius 1 is 1.04 bits per heavy atom. The number of benzene rings is 2. The Labute approximate surface area is 168 Å². The fraction of sp³-hybridized carbons (Fsp3) is 0.409. The first kappa shape index (κ1) is 22.0. The predicted octanol–water partition coefficient (Wildman–Crippen LogP) is 4.46. The standard InChI is InChI=1S/C22H30N2O3S/c1-4-6-10-18(5-2)17-23-22(25)19-13-15-20(16-14-19)24(3)28(26,27)21-11-8-7-9-12-21/h7-9,11-16,18H,4-6,10,17H2,1-3H3,(H,23,25). The van der Waals surface area contributed by atoms with E-state index in [1.807, 2.05) is 0 Å². The number of anilines is 1. The monoisotopic (exact) mass is 402 g/mol. The average molecular weight is 403 g/mol. The van der Waals surface area contributed by atoms with Crippen LogP contribution in [-0.2, 0) is 10.0 Å². The summed E-state index contributed by atoms with van der Waals surface area (Å²) in [5.74, 6) is 0.361. The summed E-state index contributed by atoms with van der Waals surface area (Å²) in [6, 6.07) is 14.9. The van der Waals surface area contributed by atoms with Gasteiger partial charge in [-0.2, -0.15) is 0 Å². The summed E-state index contributed by atoms with van der Waals surface area (Å²) in [6.07, 6.45) is 4.49. The number of nitrogens with one attached hydrogen (secondary N) is 1. The molecule has 28 heavy (non-hydrogen) atoms. The summed E-state index contributed by atoms with van der Waals surface area (Å²) >= 11 is 0. The molecule has 0 aliphatic heterocycles. The molecule has 1 amide bonds. The molecule has 2 rings (SSSR count). The second-order valence-electron chi connectivity index (χ2n) is 6.96. The lowest BCUT2D eigenvalue weighted by Gasteiger charge is -2.20. The first-order valence-corrected chi connectivity index (χ1v) is 11.3. The van der Waals surface area contributed by atoms with Gasteiger partial charge in [0.15, 0.2) is 0 Å². The second kappa shape index (κ2) is 10.3. The Morgan fingerprint density at radius 2 is 1.68 bits per heavy atom. The molecule has 1 unspecified atom stereocenters. The first-order chi connectivity index (χ1) is 13.4. The van der Waals surface area contributed by atoms with Gasteiger partial charge in [-0.25, -0.2) is 8.42 Å². The maximum absolute atomic E-state index is 12.7. The van der Waals surface area contributed by atoms with Gasteiger partial charge in [0, 0.05) is 19.2 Å². The SMILES string of the molecule is CCCCC(CC)CNC(=O)c1ccc(N(C)S(=O)(=O)c2ccccc2)cc1. The van der Waals surface area contributed by atoms with Crippen molar-refractivity contribution >= 4 is 21.6 Å². The van der Waals surface area contributed by atoms with Gasteiger partial charge in [-0.1, -0.05) is 51.3 Å². The minimum absolute atomic E-state index is 0.130. The first-order valence-electron chi connectivity index (χ1n) is 9.82. The third-order valence-corrected chi connectivity index (χ3v) is 6.79. The molecule has 0 spiro atoms. The van der Waals surface area contributed by atoms with Crippen molar-refractivity contribution in [3.05, 3.63) is 60.2 Å². The molecule has 1 N–H and O–H groups in total. The molecule has 2 aromatic rings. The van der Waals surface area contributed by atoms with Crippen LogP contribution in [0, 0.1) is 5.92 Å². The van der Waals surface area contributed by atoms with Crippen LogP contribution < -0.4 is 9.62 Å². The molecule has 1 atom stereocenters. The predicted molar refractivity (Wildman–Crippen MR) is 114 cm³/mol. The topological polar surface area (TPSA) is 66.5 Å². The molecule has 0 aromatic heterocycles. The van der Waals surface area contributed by atoms with Gasteiger partial charge in [0.2, 0.25) is 0 Å². The second-order valence-corrected chi connectivity index (χ2v) is 8.93. The summed E-state index contributed by atoms with van der Waals surface area (Å²) in [7, 11) is -2.12. The molecule has 0 aliphatic rings. The van der Waals surface area contributed by atoms with Gasteiger partial charge in [0.25, 0.3) is 15.9 Å². The number of carbonyl (C=O) groups excluding carboxylic acids is 1. The molecule has 6 heteroatoms. The highest BCUT2D eigenvalue weighted by molar-refractivity contribution is 7.92. The van der Waals surface area contributed by atoms with Gasteiger partial charge < -0.3 is 5.32 Å². The molecule has 2 aromatic carbocycles. The summed E-state index contributed by atoms with van der Waals surface area (Å²) in [4.78, 5) is 12.6. The number of nitrogens with zero attached hydrogens (tertiary/aromatic N) is 1. The molecule has 0 saturated carbocycles. The number of sulfonamides is 1. The molecular weight excluding hydrogens is 372 g/mol. The van der Waals surface area contributed by atoms with E-state index in [1.54, 1.807) is 54.6 Å². The van der Waals surface area contributed by atoms with Crippen molar-refractivity contribution in [2.75, 3.05) is 17.9 Å². The Morgan fingerprint density at radius 3 is 2.25 bits per heavy atom. The van der Waals surface area contributed by atoms with Crippen LogP contribution in [0.1, 0.15) is 49.9 Å². The highest BCUT2D eigenvalue weighted by Crippen LogP contribution is 2.22. The quantitative estimate of drug-likeness (QED) is 0.638. The van der Waals surface area contributed by atoms with Crippen LogP contribution in [0.4, 0.5) is 5.69 Å². The Bertz CT molecular complexity index is 849. The highest BCUT2D eigenvalue weighted by Gasteiger charge is 2.21. The van der Waals surface area contributed by atoms with E-state index in [2.05, 4.69) is 19.2 Å². The van der Waals surface area contributed by atoms with Crippen molar-refractivity contribution in [3.8, 4) is 0 Å². The minimum atomic E-state index is -3.63. The minimum Gasteiger partial charge on any atom is -0.352 e. The van der Waals surface area contributed by atoms with E-state index in [9.17, 15) is 13.2 Å². The maximum atomic E-state index is 12.7. The molecule has 0 bridgehead atoms. The fourth-order valence-electron chi connectivity index (χ4n) is 2.99. The maximum Gasteiger partial charge on any atom is 0.264 e. The van der Waals surface area contributed by atoms with Crippen molar-refractivity contribution in [2.24, 2.45) is 5.92 Å². The molecule has 152 valence electrons. The largest absolute Gasteiger partial charge is 0.352 e. The number of hydrogen-bond donors (Lipinski definition) is 1. The van der Waals surface area contributed by atoms with Crippen molar-refractivity contribution in [3.63, 3.8) is 0 Å². The van der Waals surface area contributed by atoms with Gasteiger partial charge in [-0.3, -0.25) is 9.10 Å². The number of hydrogen-bond acceptors (Lipinski definition) is 3. The van der Waals surface area contributed by atoms with E-state index in [4.69, 9.17) is 0 Å². The van der Waals surface area contributed by atoms with Crippen molar-refractivity contribution < 1.29 is 13.2 Å². The van der Waals surface area contributed by atoms with E-state index >= 15 is 0 Å². The van der Waals surface area contributed by atoms with E-state index in [0.29, 0.717) is 23.7 Å². The summed E-state index contributed by atoms with van der Waals surface area (Å²) in [5.41, 5.74) is 1.04. The number of carbonyl (C=O) groups is 1. The zero-order valence-corrected chi connectivity index (χ0v) is 17.7. The number of amides is 1. The van der Waals surface area contributed by atoms with E-state index in [0.717, 1.165) is 19.3 Å². The van der Waals surface area contributed by atoms with Crippen LogP contribution in [0.2, 0.25) is 0 Å². The lowest BCUT2D eigenvalue weighted by atomic mass is 9.99. The third kappa shape index (κ3) is 5.58. The Hall–Kier alpha value is -2.34. The Kier molecular flexibility index (Phi) is 8.05. The van der Waals surface area contributed by atoms with Gasteiger partial charge in [-0.05, 0) is 48.7 Å². The zero-order chi connectivity index (χ0) is 20.6. The van der Waals surface area contributed by atoms with Gasteiger partial charge >= 0.3 is 0 Å². The molecule has 0 fully saturated rings. The molecule has 5 nitrogen and oxygen atoms in total. The van der Waals surface area contributed by atoms with Crippen LogP contribution in [0.5, 0.6) is 0 Å². The van der Waals surface area contributed by atoms with Crippen LogP contribution >= 0.6 is 0 Å². The van der Waals surface area contributed by atoms with Gasteiger partial charge in [0.05, 0.1) is 10.6 Å². The lowest BCUT2D eigenvalue weighted by molar-refractivity contribution is 0.0946. The highest BCUT2D eigenvalue weighted by atomic mass is 32.2. The third-order valence-electron chi connectivity index (χ3n) is 4.99.